The van der Waals surface area contributed by atoms with Gasteiger partial charge >= 0.3 is 0 Å². The van der Waals surface area contributed by atoms with Crippen molar-refractivity contribution in [2.45, 2.75) is 38.8 Å². The molecule has 2 rings (SSSR count). The molecule has 0 aromatic carbocycles. The number of carbonyl (C=O) groups excluding carboxylic acids is 1. The van der Waals surface area contributed by atoms with Gasteiger partial charge in [-0.2, -0.15) is 0 Å². The molecule has 0 N–H and O–H groups in total. The minimum absolute atomic E-state index is 0.130. The maximum Gasteiger partial charge on any atom is 0.251 e. The van der Waals surface area contributed by atoms with Gasteiger partial charge in [0, 0.05) is 19.7 Å². The molecule has 2 aliphatic rings. The van der Waals surface area contributed by atoms with Crippen LogP contribution in [0.25, 0.3) is 0 Å². The summed E-state index contributed by atoms with van der Waals surface area (Å²) in [6.45, 7) is 5.13. The second kappa shape index (κ2) is 3.54. The highest BCUT2D eigenvalue weighted by Crippen LogP contribution is 2.34. The second-order valence-corrected chi connectivity index (χ2v) is 4.84. The number of nitrogens with zero attached hydrogens (tertiary/aromatic N) is 1. The van der Waals surface area contributed by atoms with E-state index >= 15 is 0 Å². The van der Waals surface area contributed by atoms with Crippen LogP contribution in [0.5, 0.6) is 0 Å². The summed E-state index contributed by atoms with van der Waals surface area (Å²) >= 11 is 0. The van der Waals surface area contributed by atoms with Crippen molar-refractivity contribution in [3.63, 3.8) is 0 Å². The van der Waals surface area contributed by atoms with Gasteiger partial charge in [-0.25, -0.2) is 0 Å². The molecule has 0 bridgehead atoms. The number of rotatable bonds is 1. The lowest BCUT2D eigenvalue weighted by Gasteiger charge is -2.40. The first-order valence-electron chi connectivity index (χ1n) is 5.49. The summed E-state index contributed by atoms with van der Waals surface area (Å²) in [4.78, 5) is 13.8. The first-order chi connectivity index (χ1) is 6.61. The average Bonchev–Trinajstić information content (AvgIpc) is 2.58. The zero-order valence-corrected chi connectivity index (χ0v) is 9.19. The molecule has 2 fully saturated rings. The fourth-order valence-corrected chi connectivity index (χ4v) is 2.70. The number of carbonyl (C=O) groups is 1. The van der Waals surface area contributed by atoms with E-state index in [1.807, 2.05) is 11.9 Å². The number of likely N-dealkylation sites (N-methyl/N-ethyl adjacent to an activating group) is 1. The molecule has 1 amide bonds. The van der Waals surface area contributed by atoms with Gasteiger partial charge in [0.05, 0.1) is 0 Å². The van der Waals surface area contributed by atoms with Crippen molar-refractivity contribution in [1.82, 2.24) is 4.90 Å². The maximum absolute atomic E-state index is 11.9. The Morgan fingerprint density at radius 2 is 2.21 bits per heavy atom. The topological polar surface area (TPSA) is 29.5 Å². The molecule has 2 aliphatic heterocycles. The lowest BCUT2D eigenvalue weighted by Crippen LogP contribution is -2.52. The summed E-state index contributed by atoms with van der Waals surface area (Å²) in [6, 6.07) is 0.408. The van der Waals surface area contributed by atoms with Crippen molar-refractivity contribution in [3.05, 3.63) is 0 Å². The van der Waals surface area contributed by atoms with E-state index in [0.717, 1.165) is 19.4 Å². The predicted molar refractivity (Wildman–Crippen MR) is 53.9 cm³/mol. The molecule has 0 aliphatic carbocycles. The third-order valence-corrected chi connectivity index (χ3v) is 3.62. The number of fused-ring (bicyclic) bond motifs is 1. The van der Waals surface area contributed by atoms with Crippen LogP contribution in [0.2, 0.25) is 0 Å². The van der Waals surface area contributed by atoms with Crippen LogP contribution >= 0.6 is 0 Å². The Kier molecular flexibility index (Phi) is 2.52. The number of likely N-dealkylation sites (tertiary alicyclic amines) is 1. The monoisotopic (exact) mass is 197 g/mol. The number of hydrogen-bond donors (Lipinski definition) is 0. The molecule has 0 radical (unpaired) electrons. The summed E-state index contributed by atoms with van der Waals surface area (Å²) in [7, 11) is 1.91. The standard InChI is InChI=1S/C11H19NO2/c1-7(2)9-6-8-4-5-14-10(8)11(13)12(9)3/h7-10H,4-6H2,1-3H3. The molecule has 0 saturated carbocycles. The number of amides is 1. The summed E-state index contributed by atoms with van der Waals surface area (Å²) in [5.41, 5.74) is 0. The quantitative estimate of drug-likeness (QED) is 0.633. The van der Waals surface area contributed by atoms with Crippen molar-refractivity contribution in [3.8, 4) is 0 Å². The van der Waals surface area contributed by atoms with Crippen molar-refractivity contribution < 1.29 is 9.53 Å². The van der Waals surface area contributed by atoms with Gasteiger partial charge in [-0.15, -0.1) is 0 Å². The van der Waals surface area contributed by atoms with Crippen LogP contribution < -0.4 is 0 Å². The molecule has 0 spiro atoms. The number of ether oxygens (including phenoxy) is 1. The van der Waals surface area contributed by atoms with E-state index in [9.17, 15) is 4.79 Å². The summed E-state index contributed by atoms with van der Waals surface area (Å²) < 4.78 is 5.48. The maximum atomic E-state index is 11.9. The van der Waals surface area contributed by atoms with Crippen LogP contribution in [-0.4, -0.2) is 36.6 Å². The zero-order valence-electron chi connectivity index (χ0n) is 9.19. The normalized spacial score (nSPS) is 37.9. The van der Waals surface area contributed by atoms with Crippen LogP contribution in [0, 0.1) is 11.8 Å². The summed E-state index contributed by atoms with van der Waals surface area (Å²) in [5.74, 6) is 1.22. The lowest BCUT2D eigenvalue weighted by molar-refractivity contribution is -0.150. The highest BCUT2D eigenvalue weighted by Gasteiger charge is 2.44. The molecule has 3 nitrogen and oxygen atoms in total. The molecule has 3 heteroatoms. The van der Waals surface area contributed by atoms with Crippen LogP contribution in [0.3, 0.4) is 0 Å². The summed E-state index contributed by atoms with van der Waals surface area (Å²) in [5, 5.41) is 0. The average molecular weight is 197 g/mol. The van der Waals surface area contributed by atoms with E-state index in [-0.39, 0.29) is 12.0 Å². The van der Waals surface area contributed by atoms with Gasteiger partial charge in [-0.05, 0) is 24.7 Å². The van der Waals surface area contributed by atoms with Gasteiger partial charge in [0.1, 0.15) is 6.10 Å². The Bertz CT molecular complexity index is 239. The number of hydrogen-bond acceptors (Lipinski definition) is 2. The predicted octanol–water partition coefficient (Wildman–Crippen LogP) is 1.28. The van der Waals surface area contributed by atoms with E-state index in [0.29, 0.717) is 17.9 Å². The van der Waals surface area contributed by atoms with Gasteiger partial charge in [0.2, 0.25) is 0 Å². The molecule has 3 unspecified atom stereocenters. The number of piperidine rings is 1. The Labute approximate surface area is 85.4 Å². The van der Waals surface area contributed by atoms with E-state index in [4.69, 9.17) is 4.74 Å². The van der Waals surface area contributed by atoms with Crippen LogP contribution in [0.4, 0.5) is 0 Å². The Balaban J connectivity index is 2.15. The fourth-order valence-electron chi connectivity index (χ4n) is 2.70. The van der Waals surface area contributed by atoms with E-state index in [1.54, 1.807) is 0 Å². The first-order valence-corrected chi connectivity index (χ1v) is 5.49. The first kappa shape index (κ1) is 9.97. The second-order valence-electron chi connectivity index (χ2n) is 4.84. The van der Waals surface area contributed by atoms with Gasteiger partial charge in [-0.3, -0.25) is 4.79 Å². The highest BCUT2D eigenvalue weighted by atomic mass is 16.5. The third-order valence-electron chi connectivity index (χ3n) is 3.62. The third kappa shape index (κ3) is 1.44. The molecule has 0 aromatic heterocycles. The van der Waals surface area contributed by atoms with Gasteiger partial charge in [0.15, 0.2) is 0 Å². The van der Waals surface area contributed by atoms with Crippen LogP contribution in [0.15, 0.2) is 0 Å². The molecule has 2 heterocycles. The lowest BCUT2D eigenvalue weighted by atomic mass is 9.83. The van der Waals surface area contributed by atoms with Gasteiger partial charge in [0.25, 0.3) is 5.91 Å². The van der Waals surface area contributed by atoms with Crippen LogP contribution in [-0.2, 0) is 9.53 Å². The molecular weight excluding hydrogens is 178 g/mol. The Hall–Kier alpha value is -0.570. The largest absolute Gasteiger partial charge is 0.368 e. The zero-order chi connectivity index (χ0) is 10.3. The minimum Gasteiger partial charge on any atom is -0.368 e. The molecular formula is C11H19NO2. The smallest absolute Gasteiger partial charge is 0.251 e. The van der Waals surface area contributed by atoms with E-state index in [2.05, 4.69) is 13.8 Å². The molecule has 0 aromatic rings. The highest BCUT2D eigenvalue weighted by molar-refractivity contribution is 5.82. The van der Waals surface area contributed by atoms with Crippen molar-refractivity contribution in [2.24, 2.45) is 11.8 Å². The molecule has 80 valence electrons. The van der Waals surface area contributed by atoms with E-state index in [1.165, 1.54) is 0 Å². The van der Waals surface area contributed by atoms with Crippen molar-refractivity contribution in [2.75, 3.05) is 13.7 Å². The van der Waals surface area contributed by atoms with E-state index < -0.39 is 0 Å². The minimum atomic E-state index is -0.130. The molecule has 3 atom stereocenters. The fraction of sp³-hybridized carbons (Fsp3) is 0.909. The Morgan fingerprint density at radius 3 is 2.86 bits per heavy atom. The Morgan fingerprint density at radius 1 is 1.50 bits per heavy atom. The van der Waals surface area contributed by atoms with Crippen LogP contribution in [0.1, 0.15) is 26.7 Å². The van der Waals surface area contributed by atoms with Crippen molar-refractivity contribution >= 4 is 5.91 Å². The van der Waals surface area contributed by atoms with Gasteiger partial charge in [-0.1, -0.05) is 13.8 Å². The van der Waals surface area contributed by atoms with Crippen molar-refractivity contribution in [1.29, 1.82) is 0 Å². The molecule has 2 saturated heterocycles. The summed E-state index contributed by atoms with van der Waals surface area (Å²) in [6.07, 6.45) is 2.05. The van der Waals surface area contributed by atoms with Gasteiger partial charge < -0.3 is 9.64 Å². The SMILES string of the molecule is CC(C)C1CC2CCOC2C(=O)N1C. The molecule has 14 heavy (non-hydrogen) atoms.